The highest BCUT2D eigenvalue weighted by Crippen LogP contribution is 2.44. The van der Waals surface area contributed by atoms with Crippen LogP contribution in [-0.2, 0) is 0 Å². The number of thioether (sulfide) groups is 1. The number of benzene rings is 2. The molecule has 4 N–H and O–H groups in total. The number of halogens is 1. The lowest BCUT2D eigenvalue weighted by molar-refractivity contribution is 0.100. The highest BCUT2D eigenvalue weighted by molar-refractivity contribution is 14.0. The van der Waals surface area contributed by atoms with E-state index in [4.69, 9.17) is 11.5 Å². The van der Waals surface area contributed by atoms with Crippen LogP contribution in [0.1, 0.15) is 10.4 Å². The lowest BCUT2D eigenvalue weighted by atomic mass is 10.1. The molecular formula is C18H22IN3OS. The quantitative estimate of drug-likeness (QED) is 0.319. The zero-order valence-corrected chi connectivity index (χ0v) is 16.7. The van der Waals surface area contributed by atoms with E-state index in [-0.39, 0.29) is 41.7 Å². The van der Waals surface area contributed by atoms with Gasteiger partial charge in [0.25, 0.3) is 0 Å². The Morgan fingerprint density at radius 2 is 1.92 bits per heavy atom. The van der Waals surface area contributed by atoms with Crippen LogP contribution in [0.5, 0.6) is 0 Å². The summed E-state index contributed by atoms with van der Waals surface area (Å²) in [4.78, 5) is 14.9. The minimum absolute atomic E-state index is 0. The van der Waals surface area contributed by atoms with Crippen molar-refractivity contribution in [3.8, 4) is 0 Å². The Balaban J connectivity index is 0.000000304. The summed E-state index contributed by atoms with van der Waals surface area (Å²) in [6.07, 6.45) is 1.88. The molecule has 0 bridgehead atoms. The molecule has 24 heavy (non-hydrogen) atoms. The van der Waals surface area contributed by atoms with Crippen LogP contribution >= 0.6 is 35.7 Å². The lowest BCUT2D eigenvalue weighted by Crippen LogP contribution is -2.25. The molecule has 0 amide bonds. The van der Waals surface area contributed by atoms with Crippen LogP contribution in [0.2, 0.25) is 0 Å². The number of nitrogens with two attached hydrogens (primary N) is 2. The minimum atomic E-state index is -0.0194. The van der Waals surface area contributed by atoms with E-state index < -0.39 is 0 Å². The number of carbonyl (C=O) groups is 1. The van der Waals surface area contributed by atoms with Gasteiger partial charge >= 0.3 is 0 Å². The third kappa shape index (κ3) is 4.75. The first-order valence-corrected chi connectivity index (χ1v) is 8.15. The summed E-state index contributed by atoms with van der Waals surface area (Å²) in [5, 5.41) is 0.196. The van der Waals surface area contributed by atoms with E-state index in [1.54, 1.807) is 11.8 Å². The Bertz CT molecular complexity index is 694. The predicted molar refractivity (Wildman–Crippen MR) is 114 cm³/mol. The molecule has 4 nitrogen and oxygen atoms in total. The largest absolute Gasteiger partial charge is 0.399 e. The fraction of sp³-hybridized carbons (Fsp3) is 0.167. The summed E-state index contributed by atoms with van der Waals surface area (Å²) in [5.41, 5.74) is 13.3. The van der Waals surface area contributed by atoms with Gasteiger partial charge < -0.3 is 16.4 Å². The van der Waals surface area contributed by atoms with Gasteiger partial charge in [0.05, 0.1) is 17.6 Å². The molecule has 3 rings (SSSR count). The second-order valence-corrected chi connectivity index (χ2v) is 6.20. The second-order valence-electron chi connectivity index (χ2n) is 5.05. The van der Waals surface area contributed by atoms with Crippen LogP contribution in [-0.4, -0.2) is 24.7 Å². The van der Waals surface area contributed by atoms with E-state index in [0.29, 0.717) is 5.56 Å². The van der Waals surface area contributed by atoms with Crippen molar-refractivity contribution >= 4 is 52.9 Å². The van der Waals surface area contributed by atoms with Gasteiger partial charge in [-0.25, -0.2) is 0 Å². The number of likely N-dealkylation sites (N-methyl/N-ethyl adjacent to an activating group) is 1. The highest BCUT2D eigenvalue weighted by Gasteiger charge is 2.28. The molecule has 1 aliphatic rings. The summed E-state index contributed by atoms with van der Waals surface area (Å²) in [5.74, 6) is -0.0194. The Labute approximate surface area is 164 Å². The molecule has 1 unspecified atom stereocenters. The van der Waals surface area contributed by atoms with E-state index >= 15 is 0 Å². The third-order valence-electron chi connectivity index (χ3n) is 3.47. The number of Topliss-reactive ketones (excluding diaryl/α,β-unsaturated/α-hetero) is 1. The van der Waals surface area contributed by atoms with Crippen molar-refractivity contribution in [3.05, 3.63) is 66.7 Å². The Hall–Kier alpha value is -1.51. The van der Waals surface area contributed by atoms with Crippen molar-refractivity contribution in [3.63, 3.8) is 0 Å². The number of rotatable bonds is 3. The average molecular weight is 455 g/mol. The van der Waals surface area contributed by atoms with Crippen LogP contribution < -0.4 is 16.4 Å². The first-order valence-electron chi connectivity index (χ1n) is 7.27. The number of anilines is 2. The topological polar surface area (TPSA) is 72.4 Å². The monoisotopic (exact) mass is 455 g/mol. The van der Waals surface area contributed by atoms with Gasteiger partial charge in [-0.2, -0.15) is 0 Å². The second kappa shape index (κ2) is 9.71. The van der Waals surface area contributed by atoms with Gasteiger partial charge in [0.1, 0.15) is 0 Å². The van der Waals surface area contributed by atoms with Crippen molar-refractivity contribution in [1.29, 1.82) is 0 Å². The fourth-order valence-electron chi connectivity index (χ4n) is 2.31. The zero-order chi connectivity index (χ0) is 16.8. The van der Waals surface area contributed by atoms with Crippen LogP contribution in [0.15, 0.2) is 66.1 Å². The van der Waals surface area contributed by atoms with Gasteiger partial charge in [0.15, 0.2) is 5.78 Å². The van der Waals surface area contributed by atoms with Crippen molar-refractivity contribution in [2.24, 2.45) is 5.73 Å². The van der Waals surface area contributed by atoms with Crippen LogP contribution in [0.4, 0.5) is 11.4 Å². The molecular weight excluding hydrogens is 433 g/mol. The van der Waals surface area contributed by atoms with Gasteiger partial charge in [-0.3, -0.25) is 4.79 Å². The molecule has 0 fully saturated rings. The molecule has 1 atom stereocenters. The molecule has 1 heterocycles. The molecule has 0 saturated heterocycles. The van der Waals surface area contributed by atoms with Crippen molar-refractivity contribution < 1.29 is 4.79 Å². The zero-order valence-electron chi connectivity index (χ0n) is 13.5. The first-order chi connectivity index (χ1) is 11.1. The summed E-state index contributed by atoms with van der Waals surface area (Å²) < 4.78 is 0. The molecule has 0 radical (unpaired) electrons. The van der Waals surface area contributed by atoms with Crippen molar-refractivity contribution in [1.82, 2.24) is 0 Å². The molecule has 6 heteroatoms. The fourth-order valence-corrected chi connectivity index (χ4v) is 3.45. The Morgan fingerprint density at radius 1 is 1.25 bits per heavy atom. The van der Waals surface area contributed by atoms with Crippen LogP contribution in [0.25, 0.3) is 0 Å². The maximum atomic E-state index is 11.7. The molecule has 2 aromatic rings. The average Bonchev–Trinajstić information content (AvgIpc) is 2.92. The maximum absolute atomic E-state index is 11.7. The number of hydrogen-bond acceptors (Lipinski definition) is 5. The van der Waals surface area contributed by atoms with Gasteiger partial charge in [0, 0.05) is 23.2 Å². The lowest BCUT2D eigenvalue weighted by Gasteiger charge is -2.19. The minimum Gasteiger partial charge on any atom is -0.399 e. The summed E-state index contributed by atoms with van der Waals surface area (Å²) >= 11 is 1.70. The molecule has 0 aromatic heterocycles. The first kappa shape index (κ1) is 20.5. The van der Waals surface area contributed by atoms with Crippen LogP contribution in [0, 0.1) is 0 Å². The summed E-state index contributed by atoms with van der Waals surface area (Å²) in [6.45, 7) is 3.85. The Morgan fingerprint density at radius 3 is 2.42 bits per heavy atom. The molecule has 2 aromatic carbocycles. The number of nitrogens with zero attached hydrogens (tertiary/aromatic N) is 1. The van der Waals surface area contributed by atoms with E-state index in [1.165, 1.54) is 0 Å². The molecule has 0 aliphatic carbocycles. The van der Waals surface area contributed by atoms with E-state index in [9.17, 15) is 4.79 Å². The van der Waals surface area contributed by atoms with Gasteiger partial charge in [-0.1, -0.05) is 42.1 Å². The highest BCUT2D eigenvalue weighted by atomic mass is 127. The summed E-state index contributed by atoms with van der Waals surface area (Å²) in [7, 11) is 1.97. The molecule has 0 saturated carbocycles. The molecule has 128 valence electrons. The number of ketones is 1. The third-order valence-corrected chi connectivity index (χ3v) is 4.80. The maximum Gasteiger partial charge on any atom is 0.178 e. The number of nitrogen functional groups attached to an aromatic ring is 1. The van der Waals surface area contributed by atoms with E-state index in [1.807, 2.05) is 61.7 Å². The standard InChI is InChI=1S/C12H14N2OS.C6H7N.HI/c1-3-11-14(2)12-8(9(15)7-13)5-4-6-10(12)16-11;7-6-4-2-1-3-5-6;/h3-6,11H,1,7,13H2,2H3;1-5H,7H2;1H. The van der Waals surface area contributed by atoms with Gasteiger partial charge in [-0.15, -0.1) is 30.6 Å². The van der Waals surface area contributed by atoms with Crippen molar-refractivity contribution in [2.75, 3.05) is 24.2 Å². The SMILES string of the molecule is C=CC1Sc2cccc(C(=O)CN)c2N1C.I.Nc1ccccc1. The molecule has 1 aliphatic heterocycles. The normalized spacial score (nSPS) is 14.8. The van der Waals surface area contributed by atoms with Crippen LogP contribution in [0.3, 0.4) is 0 Å². The number of fused-ring (bicyclic) bond motifs is 1. The van der Waals surface area contributed by atoms with Gasteiger partial charge in [0.2, 0.25) is 0 Å². The number of hydrogen-bond donors (Lipinski definition) is 2. The number of para-hydroxylation sites is 2. The summed E-state index contributed by atoms with van der Waals surface area (Å²) in [6, 6.07) is 15.2. The van der Waals surface area contributed by atoms with Gasteiger partial charge in [-0.05, 0) is 24.3 Å². The van der Waals surface area contributed by atoms with E-state index in [2.05, 4.69) is 11.5 Å². The van der Waals surface area contributed by atoms with Crippen molar-refractivity contribution in [2.45, 2.75) is 10.3 Å². The predicted octanol–water partition coefficient (Wildman–Crippen LogP) is 3.77. The van der Waals surface area contributed by atoms with E-state index in [0.717, 1.165) is 16.3 Å². The number of carbonyl (C=O) groups excluding carboxylic acids is 1. The molecule has 0 spiro atoms. The smallest absolute Gasteiger partial charge is 0.178 e. The Kier molecular flexibility index (Phi) is 8.30.